The Morgan fingerprint density at radius 2 is 0.922 bits per heavy atom. The van der Waals surface area contributed by atoms with Gasteiger partial charge < -0.3 is 4.42 Å². The van der Waals surface area contributed by atoms with Crippen molar-refractivity contribution in [2.45, 2.75) is 0 Å². The lowest BCUT2D eigenvalue weighted by Gasteiger charge is -2.12. The number of hydrogen-bond donors (Lipinski definition) is 0. The van der Waals surface area contributed by atoms with Crippen molar-refractivity contribution in [3.8, 4) is 56.4 Å². The van der Waals surface area contributed by atoms with Gasteiger partial charge in [-0.2, -0.15) is 0 Å². The van der Waals surface area contributed by atoms with Gasteiger partial charge in [0, 0.05) is 27.5 Å². The fourth-order valence-corrected chi connectivity index (χ4v) is 7.18. The SMILES string of the molecule is c1ccc(-c2ccc(-c3nc(-c4cccc5ccccc45)nc(-c4cc(-c5ccc6ccccc6c5)cc5oc6ccccc6c45)n3)cc2)cc1. The molecule has 0 spiro atoms. The second kappa shape index (κ2) is 11.9. The third-order valence-corrected chi connectivity index (χ3v) is 9.72. The number of rotatable bonds is 5. The van der Waals surface area contributed by atoms with E-state index in [9.17, 15) is 0 Å². The van der Waals surface area contributed by atoms with E-state index in [0.717, 1.165) is 71.7 Å². The predicted molar refractivity (Wildman–Crippen MR) is 209 cm³/mol. The number of aromatic nitrogens is 3. The topological polar surface area (TPSA) is 51.8 Å². The Labute approximate surface area is 294 Å². The van der Waals surface area contributed by atoms with Gasteiger partial charge in [-0.25, -0.2) is 15.0 Å². The predicted octanol–water partition coefficient (Wildman–Crippen LogP) is 12.4. The Balaban J connectivity index is 1.23. The lowest BCUT2D eigenvalue weighted by Crippen LogP contribution is -2.01. The Morgan fingerprint density at radius 1 is 0.314 bits per heavy atom. The molecule has 0 aliphatic heterocycles. The van der Waals surface area contributed by atoms with Crippen molar-refractivity contribution in [3.63, 3.8) is 0 Å². The molecule has 4 nitrogen and oxygen atoms in total. The minimum Gasteiger partial charge on any atom is -0.456 e. The van der Waals surface area contributed by atoms with Crippen molar-refractivity contribution in [1.29, 1.82) is 0 Å². The molecule has 0 aliphatic carbocycles. The molecule has 0 bridgehead atoms. The first-order valence-electron chi connectivity index (χ1n) is 17.1. The minimum absolute atomic E-state index is 0.592. The molecule has 8 aromatic carbocycles. The first-order valence-corrected chi connectivity index (χ1v) is 17.1. The number of nitrogens with zero attached hydrogens (tertiary/aromatic N) is 3. The maximum absolute atomic E-state index is 6.54. The van der Waals surface area contributed by atoms with Crippen molar-refractivity contribution < 1.29 is 4.42 Å². The van der Waals surface area contributed by atoms with Crippen molar-refractivity contribution >= 4 is 43.5 Å². The maximum atomic E-state index is 6.54. The third kappa shape index (κ3) is 5.13. The zero-order chi connectivity index (χ0) is 33.7. The van der Waals surface area contributed by atoms with Gasteiger partial charge in [0.1, 0.15) is 11.2 Å². The Kier molecular flexibility index (Phi) is 6.78. The molecule has 0 atom stereocenters. The molecule has 0 radical (unpaired) electrons. The lowest BCUT2D eigenvalue weighted by atomic mass is 9.96. The lowest BCUT2D eigenvalue weighted by molar-refractivity contribution is 0.669. The van der Waals surface area contributed by atoms with E-state index in [0.29, 0.717) is 17.5 Å². The first kappa shape index (κ1) is 29.0. The number of para-hydroxylation sites is 1. The minimum atomic E-state index is 0.592. The van der Waals surface area contributed by atoms with Crippen LogP contribution >= 0.6 is 0 Å². The average molecular weight is 652 g/mol. The van der Waals surface area contributed by atoms with Gasteiger partial charge in [-0.3, -0.25) is 0 Å². The van der Waals surface area contributed by atoms with Crippen LogP contribution in [0.1, 0.15) is 0 Å². The highest BCUT2D eigenvalue weighted by Crippen LogP contribution is 2.41. The largest absolute Gasteiger partial charge is 0.456 e. The molecule has 2 heterocycles. The van der Waals surface area contributed by atoms with Crippen LogP contribution in [0, 0.1) is 0 Å². The molecule has 4 heteroatoms. The van der Waals surface area contributed by atoms with Gasteiger partial charge in [-0.15, -0.1) is 0 Å². The molecule has 0 unspecified atom stereocenters. The van der Waals surface area contributed by atoms with Gasteiger partial charge in [-0.05, 0) is 68.1 Å². The molecule has 0 aliphatic rings. The summed E-state index contributed by atoms with van der Waals surface area (Å²) in [6.45, 7) is 0. The van der Waals surface area contributed by atoms with Crippen molar-refractivity contribution in [1.82, 2.24) is 15.0 Å². The normalized spacial score (nSPS) is 11.5. The second-order valence-electron chi connectivity index (χ2n) is 12.8. The Bertz CT molecular complexity index is 2900. The van der Waals surface area contributed by atoms with Crippen molar-refractivity contribution in [2.75, 3.05) is 0 Å². The number of furan rings is 1. The van der Waals surface area contributed by atoms with E-state index in [1.54, 1.807) is 0 Å². The molecule has 10 rings (SSSR count). The highest BCUT2D eigenvalue weighted by atomic mass is 16.3. The Hall–Kier alpha value is -6.91. The van der Waals surface area contributed by atoms with Gasteiger partial charge in [0.15, 0.2) is 17.5 Å². The fraction of sp³-hybridized carbons (Fsp3) is 0. The molecular weight excluding hydrogens is 623 g/mol. The molecule has 0 fully saturated rings. The molecule has 51 heavy (non-hydrogen) atoms. The van der Waals surface area contributed by atoms with E-state index in [4.69, 9.17) is 19.4 Å². The van der Waals surface area contributed by atoms with E-state index in [1.807, 2.05) is 24.3 Å². The summed E-state index contributed by atoms with van der Waals surface area (Å²) in [5.41, 5.74) is 8.81. The van der Waals surface area contributed by atoms with Gasteiger partial charge in [0.05, 0.1) is 0 Å². The molecule has 0 amide bonds. The summed E-state index contributed by atoms with van der Waals surface area (Å²) in [6.07, 6.45) is 0. The third-order valence-electron chi connectivity index (χ3n) is 9.72. The van der Waals surface area contributed by atoms with Gasteiger partial charge in [-0.1, -0.05) is 152 Å². The summed E-state index contributed by atoms with van der Waals surface area (Å²) in [7, 11) is 0. The quantitative estimate of drug-likeness (QED) is 0.186. The summed E-state index contributed by atoms with van der Waals surface area (Å²) < 4.78 is 6.54. The average Bonchev–Trinajstić information content (AvgIpc) is 3.59. The summed E-state index contributed by atoms with van der Waals surface area (Å²) in [4.78, 5) is 15.7. The van der Waals surface area contributed by atoms with Crippen LogP contribution in [0.3, 0.4) is 0 Å². The summed E-state index contributed by atoms with van der Waals surface area (Å²) in [5.74, 6) is 1.82. The highest BCUT2D eigenvalue weighted by molar-refractivity contribution is 6.13. The van der Waals surface area contributed by atoms with Crippen LogP contribution in [0.15, 0.2) is 180 Å². The monoisotopic (exact) mass is 651 g/mol. The number of hydrogen-bond acceptors (Lipinski definition) is 4. The van der Waals surface area contributed by atoms with Gasteiger partial charge in [0.2, 0.25) is 0 Å². The molecular formula is C47H29N3O. The standard InChI is InChI=1S/C47H29N3O/c1-2-11-30(12-3-1)32-21-24-34(25-22-32)45-48-46(39-19-10-16-33-14-6-7-17-38(33)39)50-47(49-45)41-28-37(36-26-23-31-13-4-5-15-35(31)27-36)29-43-44(41)40-18-8-9-20-42(40)51-43/h1-29H. The molecule has 0 saturated carbocycles. The van der Waals surface area contributed by atoms with Crippen LogP contribution in [0.4, 0.5) is 0 Å². The molecule has 238 valence electrons. The maximum Gasteiger partial charge on any atom is 0.164 e. The van der Waals surface area contributed by atoms with Gasteiger partial charge in [0.25, 0.3) is 0 Å². The first-order chi connectivity index (χ1) is 25.2. The second-order valence-corrected chi connectivity index (χ2v) is 12.8. The zero-order valence-electron chi connectivity index (χ0n) is 27.5. The van der Waals surface area contributed by atoms with Crippen LogP contribution in [0.5, 0.6) is 0 Å². The molecule has 0 N–H and O–H groups in total. The molecule has 0 saturated heterocycles. The van der Waals surface area contributed by atoms with Crippen LogP contribution in [0.25, 0.3) is 99.9 Å². The van der Waals surface area contributed by atoms with Crippen LogP contribution < -0.4 is 0 Å². The van der Waals surface area contributed by atoms with Crippen molar-refractivity contribution in [2.24, 2.45) is 0 Å². The molecule has 10 aromatic rings. The van der Waals surface area contributed by atoms with E-state index in [1.165, 1.54) is 10.8 Å². The highest BCUT2D eigenvalue weighted by Gasteiger charge is 2.20. The van der Waals surface area contributed by atoms with Gasteiger partial charge >= 0.3 is 0 Å². The van der Waals surface area contributed by atoms with Crippen LogP contribution in [-0.4, -0.2) is 15.0 Å². The number of benzene rings is 8. The zero-order valence-corrected chi connectivity index (χ0v) is 27.5. The van der Waals surface area contributed by atoms with E-state index in [-0.39, 0.29) is 0 Å². The van der Waals surface area contributed by atoms with Crippen molar-refractivity contribution in [3.05, 3.63) is 176 Å². The van der Waals surface area contributed by atoms with E-state index in [2.05, 4.69) is 152 Å². The summed E-state index contributed by atoms with van der Waals surface area (Å²) in [5, 5.41) is 6.61. The summed E-state index contributed by atoms with van der Waals surface area (Å²) >= 11 is 0. The van der Waals surface area contributed by atoms with E-state index >= 15 is 0 Å². The van der Waals surface area contributed by atoms with E-state index < -0.39 is 0 Å². The van der Waals surface area contributed by atoms with Crippen LogP contribution in [0.2, 0.25) is 0 Å². The Morgan fingerprint density at radius 3 is 1.76 bits per heavy atom. The number of fused-ring (bicyclic) bond motifs is 5. The van der Waals surface area contributed by atoms with Crippen LogP contribution in [-0.2, 0) is 0 Å². The summed E-state index contributed by atoms with van der Waals surface area (Å²) in [6, 6.07) is 61.1. The fourth-order valence-electron chi connectivity index (χ4n) is 7.18. The molecule has 2 aromatic heterocycles. The smallest absolute Gasteiger partial charge is 0.164 e.